The molecule has 0 aromatic heterocycles. The van der Waals surface area contributed by atoms with Gasteiger partial charge in [0, 0.05) is 38.8 Å². The molecule has 0 aromatic carbocycles. The summed E-state index contributed by atoms with van der Waals surface area (Å²) in [6.45, 7) is 10.6. The van der Waals surface area contributed by atoms with Gasteiger partial charge >= 0.3 is 0 Å². The molecule has 0 bridgehead atoms. The van der Waals surface area contributed by atoms with Gasteiger partial charge in [-0.1, -0.05) is 19.8 Å². The number of halogens is 1. The van der Waals surface area contributed by atoms with Gasteiger partial charge in [-0.05, 0) is 44.4 Å². The van der Waals surface area contributed by atoms with Crippen molar-refractivity contribution in [1.29, 1.82) is 0 Å². The maximum absolute atomic E-state index is 5.75. The highest BCUT2D eigenvalue weighted by molar-refractivity contribution is 14.0. The summed E-state index contributed by atoms with van der Waals surface area (Å²) in [7, 11) is 0. The van der Waals surface area contributed by atoms with E-state index in [9.17, 15) is 0 Å². The largest absolute Gasteiger partial charge is 0.381 e. The molecule has 1 aliphatic heterocycles. The van der Waals surface area contributed by atoms with E-state index in [1.54, 1.807) is 0 Å². The van der Waals surface area contributed by atoms with Gasteiger partial charge in [0.05, 0.1) is 13.2 Å². The lowest BCUT2D eigenvalue weighted by Gasteiger charge is -2.25. The van der Waals surface area contributed by atoms with Gasteiger partial charge in [0.1, 0.15) is 0 Å². The predicted molar refractivity (Wildman–Crippen MR) is 115 cm³/mol. The molecule has 5 nitrogen and oxygen atoms in total. The van der Waals surface area contributed by atoms with E-state index in [-0.39, 0.29) is 24.0 Å². The Labute approximate surface area is 171 Å². The van der Waals surface area contributed by atoms with Crippen LogP contribution in [0.3, 0.4) is 0 Å². The lowest BCUT2D eigenvalue weighted by Crippen LogP contribution is -2.39. The fourth-order valence-corrected chi connectivity index (χ4v) is 3.68. The maximum atomic E-state index is 5.75. The molecule has 1 saturated carbocycles. The van der Waals surface area contributed by atoms with Crippen molar-refractivity contribution in [3.8, 4) is 0 Å². The summed E-state index contributed by atoms with van der Waals surface area (Å²) < 4.78 is 11.1. The molecule has 0 amide bonds. The van der Waals surface area contributed by atoms with Gasteiger partial charge in [0.2, 0.25) is 0 Å². The van der Waals surface area contributed by atoms with Crippen molar-refractivity contribution in [3.05, 3.63) is 0 Å². The minimum atomic E-state index is 0. The molecule has 0 spiro atoms. The smallest absolute Gasteiger partial charge is 0.191 e. The van der Waals surface area contributed by atoms with E-state index in [4.69, 9.17) is 14.5 Å². The van der Waals surface area contributed by atoms with Crippen molar-refractivity contribution < 1.29 is 9.47 Å². The zero-order chi connectivity index (χ0) is 17.1. The third kappa shape index (κ3) is 8.43. The minimum absolute atomic E-state index is 0. The number of nitrogens with zero attached hydrogens (tertiary/aromatic N) is 1. The van der Waals surface area contributed by atoms with Crippen molar-refractivity contribution in [2.75, 3.05) is 46.1 Å². The first-order valence-corrected chi connectivity index (χ1v) is 9.95. The summed E-state index contributed by atoms with van der Waals surface area (Å²) in [6.07, 6.45) is 8.82. The van der Waals surface area contributed by atoms with Crippen molar-refractivity contribution in [3.63, 3.8) is 0 Å². The van der Waals surface area contributed by atoms with E-state index >= 15 is 0 Å². The van der Waals surface area contributed by atoms with Crippen LogP contribution >= 0.6 is 24.0 Å². The highest BCUT2D eigenvalue weighted by Crippen LogP contribution is 2.41. The van der Waals surface area contributed by atoms with Crippen LogP contribution in [-0.2, 0) is 9.47 Å². The Kier molecular flexibility index (Phi) is 12.1. The highest BCUT2D eigenvalue weighted by atomic mass is 127. The second kappa shape index (κ2) is 13.1. The predicted octanol–water partition coefficient (Wildman–Crippen LogP) is 3.57. The quantitative estimate of drug-likeness (QED) is 0.223. The standard InChI is InChI=1S/C19H37N3O2.HI/c1-3-19(9-5-6-10-19)16-22-18(20-4-2)21-11-7-12-23-14-17-8-13-24-15-17;/h17H,3-16H2,1-2H3,(H2,20,21,22);1H. The topological polar surface area (TPSA) is 54.9 Å². The second-order valence-electron chi connectivity index (χ2n) is 7.34. The number of rotatable bonds is 10. The Morgan fingerprint density at radius 2 is 2.04 bits per heavy atom. The first kappa shape index (κ1) is 23.0. The van der Waals surface area contributed by atoms with Gasteiger partial charge in [-0.15, -0.1) is 24.0 Å². The third-order valence-electron chi connectivity index (χ3n) is 5.47. The summed E-state index contributed by atoms with van der Waals surface area (Å²) in [5.74, 6) is 1.56. The molecule has 1 aliphatic carbocycles. The molecule has 2 rings (SSSR count). The zero-order valence-electron chi connectivity index (χ0n) is 16.1. The first-order chi connectivity index (χ1) is 11.8. The van der Waals surface area contributed by atoms with E-state index < -0.39 is 0 Å². The number of nitrogens with one attached hydrogen (secondary N) is 2. The Balaban J connectivity index is 0.00000312. The molecule has 1 unspecified atom stereocenters. The van der Waals surface area contributed by atoms with E-state index in [0.717, 1.165) is 64.9 Å². The molecule has 6 heteroatoms. The van der Waals surface area contributed by atoms with E-state index in [1.165, 1.54) is 32.1 Å². The molecule has 2 fully saturated rings. The average Bonchev–Trinajstić information content (AvgIpc) is 3.27. The molecule has 2 N–H and O–H groups in total. The zero-order valence-corrected chi connectivity index (χ0v) is 18.5. The fraction of sp³-hybridized carbons (Fsp3) is 0.947. The van der Waals surface area contributed by atoms with Gasteiger partial charge in [0.15, 0.2) is 5.96 Å². The summed E-state index contributed by atoms with van der Waals surface area (Å²) in [5, 5.41) is 6.81. The molecule has 25 heavy (non-hydrogen) atoms. The molecule has 1 heterocycles. The van der Waals surface area contributed by atoms with Gasteiger partial charge < -0.3 is 20.1 Å². The van der Waals surface area contributed by atoms with Crippen molar-refractivity contribution in [2.24, 2.45) is 16.3 Å². The normalized spacial score (nSPS) is 22.6. The average molecular weight is 467 g/mol. The number of aliphatic imine (C=N–C) groups is 1. The molecule has 2 aliphatic rings. The van der Waals surface area contributed by atoms with Crippen LogP contribution in [-0.4, -0.2) is 52.0 Å². The molecular weight excluding hydrogens is 429 g/mol. The lowest BCUT2D eigenvalue weighted by molar-refractivity contribution is 0.0888. The van der Waals surface area contributed by atoms with Crippen LogP contribution in [0.4, 0.5) is 0 Å². The number of guanidine groups is 1. The van der Waals surface area contributed by atoms with Crippen LogP contribution in [0.1, 0.15) is 58.8 Å². The number of hydrogen-bond donors (Lipinski definition) is 2. The highest BCUT2D eigenvalue weighted by Gasteiger charge is 2.31. The third-order valence-corrected chi connectivity index (χ3v) is 5.47. The maximum Gasteiger partial charge on any atom is 0.191 e. The van der Waals surface area contributed by atoms with Crippen molar-refractivity contribution >= 4 is 29.9 Å². The summed E-state index contributed by atoms with van der Waals surface area (Å²) in [5.41, 5.74) is 0.453. The van der Waals surface area contributed by atoms with Gasteiger partial charge in [-0.3, -0.25) is 4.99 Å². The SMILES string of the molecule is CCNC(=NCC1(CC)CCCC1)NCCCOCC1CCOC1.I. The minimum Gasteiger partial charge on any atom is -0.381 e. The second-order valence-corrected chi connectivity index (χ2v) is 7.34. The Morgan fingerprint density at radius 3 is 2.68 bits per heavy atom. The van der Waals surface area contributed by atoms with Crippen LogP contribution < -0.4 is 10.6 Å². The van der Waals surface area contributed by atoms with Gasteiger partial charge in [-0.25, -0.2) is 0 Å². The summed E-state index contributed by atoms with van der Waals surface area (Å²) in [4.78, 5) is 4.86. The van der Waals surface area contributed by atoms with Crippen LogP contribution in [0.25, 0.3) is 0 Å². The Hall–Kier alpha value is -0.0800. The van der Waals surface area contributed by atoms with E-state index in [0.29, 0.717) is 11.3 Å². The van der Waals surface area contributed by atoms with Crippen LogP contribution in [0.2, 0.25) is 0 Å². The molecule has 1 saturated heterocycles. The molecule has 0 radical (unpaired) electrons. The van der Waals surface area contributed by atoms with Gasteiger partial charge in [0.25, 0.3) is 0 Å². The summed E-state index contributed by atoms with van der Waals surface area (Å²) >= 11 is 0. The van der Waals surface area contributed by atoms with Crippen LogP contribution in [0, 0.1) is 11.3 Å². The Morgan fingerprint density at radius 1 is 1.24 bits per heavy atom. The molecule has 1 atom stereocenters. The van der Waals surface area contributed by atoms with Gasteiger partial charge in [-0.2, -0.15) is 0 Å². The summed E-state index contributed by atoms with van der Waals surface area (Å²) in [6, 6.07) is 0. The number of ether oxygens (including phenoxy) is 2. The lowest BCUT2D eigenvalue weighted by atomic mass is 9.84. The number of hydrogen-bond acceptors (Lipinski definition) is 3. The molecule has 0 aromatic rings. The van der Waals surface area contributed by atoms with Crippen molar-refractivity contribution in [1.82, 2.24) is 10.6 Å². The molecular formula is C19H38IN3O2. The van der Waals surface area contributed by atoms with Crippen molar-refractivity contribution in [2.45, 2.75) is 58.8 Å². The van der Waals surface area contributed by atoms with E-state index in [1.807, 2.05) is 0 Å². The monoisotopic (exact) mass is 467 g/mol. The van der Waals surface area contributed by atoms with Crippen LogP contribution in [0.5, 0.6) is 0 Å². The van der Waals surface area contributed by atoms with Crippen LogP contribution in [0.15, 0.2) is 4.99 Å². The van der Waals surface area contributed by atoms with E-state index in [2.05, 4.69) is 24.5 Å². The molecule has 148 valence electrons. The first-order valence-electron chi connectivity index (χ1n) is 9.95. The Bertz CT molecular complexity index is 368. The fourth-order valence-electron chi connectivity index (χ4n) is 3.68.